The first-order valence-electron chi connectivity index (χ1n) is 9.16. The van der Waals surface area contributed by atoms with E-state index < -0.39 is 15.7 Å². The van der Waals surface area contributed by atoms with Gasteiger partial charge in [-0.3, -0.25) is 9.79 Å². The standard InChI is InChI=1S/C20H20ClN3O4S/c1-28-16-5-7-17(8-6-16)29(26,27)24-11-9-20(10-12-24)22-18(19(25)23-20)14-3-2-4-15(21)13-14/h2-8,13H,9-12H2,1H3,(H,23,25). The second-order valence-electron chi connectivity index (χ2n) is 7.04. The smallest absolute Gasteiger partial charge is 0.272 e. The van der Waals surface area contributed by atoms with Crippen molar-refractivity contribution in [2.75, 3.05) is 20.2 Å². The fourth-order valence-electron chi connectivity index (χ4n) is 3.62. The van der Waals surface area contributed by atoms with E-state index in [2.05, 4.69) is 10.3 Å². The van der Waals surface area contributed by atoms with Gasteiger partial charge in [-0.25, -0.2) is 8.42 Å². The molecular weight excluding hydrogens is 414 g/mol. The molecule has 0 radical (unpaired) electrons. The van der Waals surface area contributed by atoms with Crippen molar-refractivity contribution in [1.29, 1.82) is 0 Å². The first kappa shape index (κ1) is 19.9. The molecule has 0 aliphatic carbocycles. The van der Waals surface area contributed by atoms with Gasteiger partial charge in [-0.2, -0.15) is 4.31 Å². The summed E-state index contributed by atoms with van der Waals surface area (Å²) in [7, 11) is -2.09. The van der Waals surface area contributed by atoms with Crippen LogP contribution in [0, 0.1) is 0 Å². The van der Waals surface area contributed by atoms with Crippen molar-refractivity contribution in [3.05, 3.63) is 59.1 Å². The summed E-state index contributed by atoms with van der Waals surface area (Å²) in [4.78, 5) is 17.3. The SMILES string of the molecule is COc1ccc(S(=O)(=O)N2CCC3(CC2)N=C(c2cccc(Cl)c2)C(=O)N3)cc1. The van der Waals surface area contributed by atoms with E-state index in [1.165, 1.54) is 23.5 Å². The van der Waals surface area contributed by atoms with Gasteiger partial charge in [0.2, 0.25) is 10.0 Å². The molecule has 0 bridgehead atoms. The van der Waals surface area contributed by atoms with Crippen LogP contribution in [0.1, 0.15) is 18.4 Å². The molecule has 2 heterocycles. The Morgan fingerprint density at radius 2 is 1.83 bits per heavy atom. The van der Waals surface area contributed by atoms with Gasteiger partial charge >= 0.3 is 0 Å². The number of amides is 1. The third kappa shape index (κ3) is 3.75. The van der Waals surface area contributed by atoms with Gasteiger partial charge in [-0.05, 0) is 36.4 Å². The van der Waals surface area contributed by atoms with Gasteiger partial charge in [-0.1, -0.05) is 23.7 Å². The highest BCUT2D eigenvalue weighted by Crippen LogP contribution is 2.32. The normalized spacial score (nSPS) is 19.1. The Hall–Kier alpha value is -2.42. The first-order chi connectivity index (χ1) is 13.8. The topological polar surface area (TPSA) is 88.1 Å². The van der Waals surface area contributed by atoms with Crippen molar-refractivity contribution >= 4 is 33.2 Å². The molecule has 0 aromatic heterocycles. The molecule has 152 valence electrons. The number of piperidine rings is 1. The zero-order valence-electron chi connectivity index (χ0n) is 15.8. The average Bonchev–Trinajstić information content (AvgIpc) is 3.04. The zero-order valence-corrected chi connectivity index (χ0v) is 17.3. The third-order valence-electron chi connectivity index (χ3n) is 5.23. The van der Waals surface area contributed by atoms with E-state index in [-0.39, 0.29) is 23.9 Å². The summed E-state index contributed by atoms with van der Waals surface area (Å²) in [5.41, 5.74) is 0.208. The highest BCUT2D eigenvalue weighted by Gasteiger charge is 2.44. The van der Waals surface area contributed by atoms with E-state index in [4.69, 9.17) is 16.3 Å². The van der Waals surface area contributed by atoms with Crippen LogP contribution in [0.4, 0.5) is 0 Å². The van der Waals surface area contributed by atoms with Crippen molar-refractivity contribution < 1.29 is 17.9 Å². The van der Waals surface area contributed by atoms with Crippen LogP contribution in [0.15, 0.2) is 58.4 Å². The van der Waals surface area contributed by atoms with Crippen LogP contribution in [0.3, 0.4) is 0 Å². The number of hydrogen-bond acceptors (Lipinski definition) is 5. The predicted octanol–water partition coefficient (Wildman–Crippen LogP) is 2.45. The van der Waals surface area contributed by atoms with Crippen LogP contribution >= 0.6 is 11.6 Å². The molecule has 1 spiro atoms. The largest absolute Gasteiger partial charge is 0.497 e. The van der Waals surface area contributed by atoms with E-state index in [0.717, 1.165) is 0 Å². The maximum absolute atomic E-state index is 12.9. The number of hydrogen-bond donors (Lipinski definition) is 1. The molecule has 1 saturated heterocycles. The van der Waals surface area contributed by atoms with Crippen LogP contribution in [0.5, 0.6) is 5.75 Å². The van der Waals surface area contributed by atoms with Crippen molar-refractivity contribution in [3.8, 4) is 5.75 Å². The highest BCUT2D eigenvalue weighted by atomic mass is 35.5. The Labute approximate surface area is 174 Å². The lowest BCUT2D eigenvalue weighted by Gasteiger charge is -2.36. The average molecular weight is 434 g/mol. The number of nitrogens with one attached hydrogen (secondary N) is 1. The number of halogens is 1. The van der Waals surface area contributed by atoms with Crippen LogP contribution in [-0.2, 0) is 14.8 Å². The lowest BCUT2D eigenvalue weighted by molar-refractivity contribution is -0.115. The minimum absolute atomic E-state index is 0.216. The van der Waals surface area contributed by atoms with E-state index in [9.17, 15) is 13.2 Å². The van der Waals surface area contributed by atoms with Gasteiger partial charge in [-0.15, -0.1) is 0 Å². The van der Waals surface area contributed by atoms with Crippen molar-refractivity contribution in [2.24, 2.45) is 4.99 Å². The molecule has 0 atom stereocenters. The highest BCUT2D eigenvalue weighted by molar-refractivity contribution is 7.89. The summed E-state index contributed by atoms with van der Waals surface area (Å²) in [6, 6.07) is 13.3. The maximum Gasteiger partial charge on any atom is 0.272 e. The molecule has 1 fully saturated rings. The van der Waals surface area contributed by atoms with Crippen molar-refractivity contribution in [3.63, 3.8) is 0 Å². The van der Waals surface area contributed by atoms with Gasteiger partial charge in [0.15, 0.2) is 0 Å². The van der Waals surface area contributed by atoms with Gasteiger partial charge in [0.05, 0.1) is 12.0 Å². The number of nitrogens with zero attached hydrogens (tertiary/aromatic N) is 2. The maximum atomic E-state index is 12.9. The Kier molecular flexibility index (Phi) is 5.10. The summed E-state index contributed by atoms with van der Waals surface area (Å²) in [5, 5.41) is 3.47. The Morgan fingerprint density at radius 3 is 2.45 bits per heavy atom. The number of carbonyl (C=O) groups is 1. The van der Waals surface area contributed by atoms with E-state index in [0.29, 0.717) is 34.9 Å². The Balaban J connectivity index is 1.52. The Bertz CT molecular complexity index is 1080. The second-order valence-corrected chi connectivity index (χ2v) is 9.41. The van der Waals surface area contributed by atoms with Gasteiger partial charge < -0.3 is 10.1 Å². The molecule has 0 saturated carbocycles. The van der Waals surface area contributed by atoms with Crippen LogP contribution in [-0.4, -0.2) is 50.2 Å². The second kappa shape index (κ2) is 7.44. The first-order valence-corrected chi connectivity index (χ1v) is 11.0. The molecule has 2 aliphatic rings. The number of benzene rings is 2. The molecule has 2 aromatic rings. The number of ether oxygens (including phenoxy) is 1. The van der Waals surface area contributed by atoms with Gasteiger partial charge in [0.25, 0.3) is 5.91 Å². The Morgan fingerprint density at radius 1 is 1.14 bits per heavy atom. The monoisotopic (exact) mass is 433 g/mol. The minimum Gasteiger partial charge on any atom is -0.497 e. The van der Waals surface area contributed by atoms with Gasteiger partial charge in [0, 0.05) is 36.5 Å². The number of rotatable bonds is 4. The zero-order chi connectivity index (χ0) is 20.6. The summed E-state index contributed by atoms with van der Waals surface area (Å²) < 4.78 is 32.4. The molecule has 1 N–H and O–H groups in total. The molecule has 2 aromatic carbocycles. The fourth-order valence-corrected chi connectivity index (χ4v) is 5.26. The van der Waals surface area contributed by atoms with Crippen LogP contribution in [0.25, 0.3) is 0 Å². The lowest BCUT2D eigenvalue weighted by Crippen LogP contribution is -2.52. The molecule has 2 aliphatic heterocycles. The summed E-state index contributed by atoms with van der Waals surface area (Å²) >= 11 is 6.03. The summed E-state index contributed by atoms with van der Waals surface area (Å²) in [6.45, 7) is 0.530. The van der Waals surface area contributed by atoms with Crippen molar-refractivity contribution in [2.45, 2.75) is 23.4 Å². The number of methoxy groups -OCH3 is 1. The quantitative estimate of drug-likeness (QED) is 0.802. The molecule has 1 amide bonds. The summed E-state index contributed by atoms with van der Waals surface area (Å²) in [6.07, 6.45) is 0.802. The van der Waals surface area contributed by atoms with Crippen LogP contribution < -0.4 is 10.1 Å². The lowest BCUT2D eigenvalue weighted by atomic mass is 10.00. The number of aliphatic imine (C=N–C) groups is 1. The molecule has 9 heteroatoms. The van der Waals surface area contributed by atoms with Crippen LogP contribution in [0.2, 0.25) is 5.02 Å². The number of sulfonamides is 1. The molecule has 29 heavy (non-hydrogen) atoms. The van der Waals surface area contributed by atoms with E-state index >= 15 is 0 Å². The molecule has 0 unspecified atom stereocenters. The van der Waals surface area contributed by atoms with Gasteiger partial charge in [0.1, 0.15) is 17.1 Å². The fraction of sp³-hybridized carbons (Fsp3) is 0.300. The summed E-state index contributed by atoms with van der Waals surface area (Å²) in [5.74, 6) is 0.330. The van der Waals surface area contributed by atoms with E-state index in [1.54, 1.807) is 36.4 Å². The molecule has 4 rings (SSSR count). The van der Waals surface area contributed by atoms with Crippen molar-refractivity contribution in [1.82, 2.24) is 9.62 Å². The minimum atomic E-state index is -3.62. The predicted molar refractivity (Wildman–Crippen MR) is 110 cm³/mol. The number of carbonyl (C=O) groups excluding carboxylic acids is 1. The molecule has 7 nitrogen and oxygen atoms in total. The van der Waals surface area contributed by atoms with E-state index in [1.807, 2.05) is 0 Å². The molecular formula is C20H20ClN3O4S. The third-order valence-corrected chi connectivity index (χ3v) is 7.38.